The van der Waals surface area contributed by atoms with Crippen molar-refractivity contribution < 1.29 is 28.2 Å². The number of halogens is 2. The van der Waals surface area contributed by atoms with Crippen molar-refractivity contribution in [3.05, 3.63) is 92.5 Å². The second kappa shape index (κ2) is 12.3. The molecule has 0 unspecified atom stereocenters. The standard InChI is InChI=1S/C28H24BrFN2O5S/c1-4-36-23-13-19(22(29)15-24(23)37-16-17-5-9-20(30)10-6-17)14-25-26(33)32(2)28(38-25)31-21-11-7-18(8-12-21)27(34)35-3/h5-15H,4,16H2,1-3H3/b25-14-,31-28?. The summed E-state index contributed by atoms with van der Waals surface area (Å²) in [6, 6.07) is 16.3. The molecule has 0 N–H and O–H groups in total. The van der Waals surface area contributed by atoms with Crippen LogP contribution in [0.1, 0.15) is 28.4 Å². The molecule has 4 rings (SSSR count). The number of hydrogen-bond acceptors (Lipinski definition) is 7. The van der Waals surface area contributed by atoms with Gasteiger partial charge in [-0.3, -0.25) is 9.69 Å². The molecule has 3 aromatic carbocycles. The fraction of sp³-hybridized carbons (Fsp3) is 0.179. The Morgan fingerprint density at radius 1 is 1.08 bits per heavy atom. The first-order chi connectivity index (χ1) is 18.3. The molecule has 0 aliphatic carbocycles. The number of carbonyl (C=O) groups excluding carboxylic acids is 2. The lowest BCUT2D eigenvalue weighted by Gasteiger charge is -2.14. The van der Waals surface area contributed by atoms with E-state index in [1.807, 2.05) is 6.92 Å². The van der Waals surface area contributed by atoms with Crippen molar-refractivity contribution in [3.63, 3.8) is 0 Å². The van der Waals surface area contributed by atoms with Gasteiger partial charge in [-0.1, -0.05) is 28.1 Å². The predicted octanol–water partition coefficient (Wildman–Crippen LogP) is 6.59. The van der Waals surface area contributed by atoms with E-state index in [9.17, 15) is 14.0 Å². The number of amides is 1. The molecule has 3 aromatic rings. The highest BCUT2D eigenvalue weighted by molar-refractivity contribution is 9.10. The third kappa shape index (κ3) is 6.43. The first-order valence-electron chi connectivity index (χ1n) is 11.6. The summed E-state index contributed by atoms with van der Waals surface area (Å²) in [4.78, 5) is 31.1. The average Bonchev–Trinajstić information content (AvgIpc) is 3.18. The molecule has 0 saturated carbocycles. The van der Waals surface area contributed by atoms with Gasteiger partial charge in [0, 0.05) is 11.5 Å². The highest BCUT2D eigenvalue weighted by Crippen LogP contribution is 2.38. The molecule has 10 heteroatoms. The highest BCUT2D eigenvalue weighted by atomic mass is 79.9. The summed E-state index contributed by atoms with van der Waals surface area (Å²) >= 11 is 4.82. The van der Waals surface area contributed by atoms with Crippen LogP contribution in [0.5, 0.6) is 11.5 Å². The molecule has 0 spiro atoms. The molecule has 1 aliphatic heterocycles. The summed E-state index contributed by atoms with van der Waals surface area (Å²) in [7, 11) is 2.98. The lowest BCUT2D eigenvalue weighted by Crippen LogP contribution is -2.23. The largest absolute Gasteiger partial charge is 0.490 e. The molecule has 0 atom stereocenters. The smallest absolute Gasteiger partial charge is 0.337 e. The molecule has 1 heterocycles. The molecular weight excluding hydrogens is 575 g/mol. The van der Waals surface area contributed by atoms with Crippen molar-refractivity contribution in [3.8, 4) is 11.5 Å². The number of esters is 1. The molecule has 1 saturated heterocycles. The SMILES string of the molecule is CCOc1cc(/C=C2\SC(=Nc3ccc(C(=O)OC)cc3)N(C)C2=O)c(Br)cc1OCc1ccc(F)cc1. The molecule has 0 aromatic heterocycles. The van der Waals surface area contributed by atoms with E-state index in [4.69, 9.17) is 14.2 Å². The maximum atomic E-state index is 13.2. The van der Waals surface area contributed by atoms with Crippen LogP contribution in [-0.4, -0.2) is 42.7 Å². The van der Waals surface area contributed by atoms with Gasteiger partial charge in [0.2, 0.25) is 0 Å². The van der Waals surface area contributed by atoms with Crippen LogP contribution >= 0.6 is 27.7 Å². The summed E-state index contributed by atoms with van der Waals surface area (Å²) < 4.78 is 30.4. The van der Waals surface area contributed by atoms with Crippen LogP contribution in [0.15, 0.2) is 75.0 Å². The van der Waals surface area contributed by atoms with Gasteiger partial charge < -0.3 is 14.2 Å². The van der Waals surface area contributed by atoms with E-state index in [0.717, 1.165) is 11.1 Å². The van der Waals surface area contributed by atoms with Gasteiger partial charge in [-0.25, -0.2) is 14.2 Å². The summed E-state index contributed by atoms with van der Waals surface area (Å²) in [6.07, 6.45) is 1.77. The fourth-order valence-corrected chi connectivity index (χ4v) is 4.89. The molecule has 38 heavy (non-hydrogen) atoms. The number of methoxy groups -OCH3 is 1. The number of thioether (sulfide) groups is 1. The first kappa shape index (κ1) is 27.4. The van der Waals surface area contributed by atoms with Crippen LogP contribution in [0.3, 0.4) is 0 Å². The average molecular weight is 599 g/mol. The molecule has 1 fully saturated rings. The molecule has 196 valence electrons. The summed E-state index contributed by atoms with van der Waals surface area (Å²) in [5, 5.41) is 0.507. The Hall–Kier alpha value is -3.63. The highest BCUT2D eigenvalue weighted by Gasteiger charge is 2.30. The van der Waals surface area contributed by atoms with Crippen LogP contribution in [-0.2, 0) is 16.1 Å². The van der Waals surface area contributed by atoms with Crippen molar-refractivity contribution >= 4 is 56.5 Å². The van der Waals surface area contributed by atoms with E-state index in [1.54, 1.807) is 61.7 Å². The minimum atomic E-state index is -0.430. The van der Waals surface area contributed by atoms with Crippen LogP contribution < -0.4 is 9.47 Å². The quantitative estimate of drug-likeness (QED) is 0.215. The summed E-state index contributed by atoms with van der Waals surface area (Å²) in [5.41, 5.74) is 2.57. The topological polar surface area (TPSA) is 77.4 Å². The van der Waals surface area contributed by atoms with Crippen molar-refractivity contribution in [1.82, 2.24) is 4.90 Å². The number of carbonyl (C=O) groups is 2. The van der Waals surface area contributed by atoms with Gasteiger partial charge in [-0.05, 0) is 84.4 Å². The van der Waals surface area contributed by atoms with E-state index in [2.05, 4.69) is 20.9 Å². The van der Waals surface area contributed by atoms with Gasteiger partial charge in [0.25, 0.3) is 5.91 Å². The van der Waals surface area contributed by atoms with Crippen LogP contribution in [0.4, 0.5) is 10.1 Å². The second-order valence-corrected chi connectivity index (χ2v) is 9.94. The second-order valence-electron chi connectivity index (χ2n) is 8.08. The fourth-order valence-electron chi connectivity index (χ4n) is 3.48. The molecule has 0 bridgehead atoms. The lowest BCUT2D eigenvalue weighted by molar-refractivity contribution is -0.121. The Labute approximate surface area is 232 Å². The Bertz CT molecular complexity index is 1410. The number of rotatable bonds is 8. The van der Waals surface area contributed by atoms with E-state index in [-0.39, 0.29) is 18.3 Å². The van der Waals surface area contributed by atoms with Crippen LogP contribution in [0.25, 0.3) is 6.08 Å². The number of likely N-dealkylation sites (N-methyl/N-ethyl adjacent to an activating group) is 1. The maximum absolute atomic E-state index is 13.2. The Morgan fingerprint density at radius 3 is 2.42 bits per heavy atom. The van der Waals surface area contributed by atoms with Gasteiger partial charge in [0.05, 0.1) is 29.9 Å². The van der Waals surface area contributed by atoms with E-state index < -0.39 is 5.97 Å². The van der Waals surface area contributed by atoms with Gasteiger partial charge >= 0.3 is 5.97 Å². The maximum Gasteiger partial charge on any atom is 0.337 e. The zero-order valence-corrected chi connectivity index (χ0v) is 23.3. The van der Waals surface area contributed by atoms with Crippen LogP contribution in [0, 0.1) is 5.82 Å². The van der Waals surface area contributed by atoms with Crippen molar-refractivity contribution in [2.75, 3.05) is 20.8 Å². The van der Waals surface area contributed by atoms with Gasteiger partial charge in [-0.2, -0.15) is 0 Å². The van der Waals surface area contributed by atoms with Gasteiger partial charge in [0.15, 0.2) is 16.7 Å². The zero-order valence-electron chi connectivity index (χ0n) is 20.9. The molecule has 1 amide bonds. The Kier molecular flexibility index (Phi) is 8.85. The predicted molar refractivity (Wildman–Crippen MR) is 149 cm³/mol. The number of benzene rings is 3. The van der Waals surface area contributed by atoms with Crippen molar-refractivity contribution in [2.45, 2.75) is 13.5 Å². The monoisotopic (exact) mass is 598 g/mol. The number of aliphatic imine (C=N–C) groups is 1. The van der Waals surface area contributed by atoms with E-state index in [0.29, 0.717) is 43.9 Å². The third-order valence-electron chi connectivity index (χ3n) is 5.47. The first-order valence-corrected chi connectivity index (χ1v) is 13.2. The molecular formula is C28H24BrFN2O5S. The lowest BCUT2D eigenvalue weighted by atomic mass is 10.1. The normalized spacial score (nSPS) is 15.3. The number of hydrogen-bond donors (Lipinski definition) is 0. The Balaban J connectivity index is 1.56. The van der Waals surface area contributed by atoms with Crippen LogP contribution in [0.2, 0.25) is 0 Å². The molecule has 0 radical (unpaired) electrons. The number of ether oxygens (including phenoxy) is 3. The number of amidine groups is 1. The van der Waals surface area contributed by atoms with Gasteiger partial charge in [0.1, 0.15) is 12.4 Å². The summed E-state index contributed by atoms with van der Waals surface area (Å²) in [5.74, 6) is 0.110. The minimum absolute atomic E-state index is 0.193. The van der Waals surface area contributed by atoms with E-state index in [1.165, 1.54) is 35.9 Å². The Morgan fingerprint density at radius 2 is 1.76 bits per heavy atom. The minimum Gasteiger partial charge on any atom is -0.490 e. The zero-order chi connectivity index (χ0) is 27.2. The number of nitrogens with zero attached hydrogens (tertiary/aromatic N) is 2. The summed E-state index contributed by atoms with van der Waals surface area (Å²) in [6.45, 7) is 2.54. The third-order valence-corrected chi connectivity index (χ3v) is 7.22. The van der Waals surface area contributed by atoms with Gasteiger partial charge in [-0.15, -0.1) is 0 Å². The van der Waals surface area contributed by atoms with Crippen molar-refractivity contribution in [2.24, 2.45) is 4.99 Å². The molecule has 7 nitrogen and oxygen atoms in total. The molecule has 1 aliphatic rings. The van der Waals surface area contributed by atoms with E-state index >= 15 is 0 Å². The van der Waals surface area contributed by atoms with Crippen molar-refractivity contribution in [1.29, 1.82) is 0 Å².